The van der Waals surface area contributed by atoms with Gasteiger partial charge in [-0.25, -0.2) is 18.6 Å². The molecule has 6 aromatic rings. The predicted molar refractivity (Wildman–Crippen MR) is 318 cm³/mol. The molecule has 1 amide bonds. The standard InChI is InChI=1S/C55H62N7O20P3S4/c1-6-60-41-21-19-37-39(26-35(87(72)73)28-43(37)86-80-64)50(41)54(2,3)45(60)15-9-7-10-16-46-55(4,5)51-40-27-36(88(74)75)29-44(89(76)77)38(40)20-22-42(51)61(46)25-12-8-11-17-47(63)57-24-13-14-33-30-62(53-49(33)52(56)58-32-59-53)48-23-18-34(79-48)31-78-84(68,69)82-85(70,71)81-83(65,66)67/h7,9-10,15-16,19-22,26-30,32,34,48H,6,8,11-12,17-18,23-25,31H2,1-5H3,(H10-,56,57,58,59,63,64,65,66,67,68,69,70,71,72,73,74,75,76,77)/p-6. The number of amides is 1. The minimum Gasteiger partial charge on any atom is -0.768 e. The smallest absolute Gasteiger partial charge is 0.280 e. The van der Waals surface area contributed by atoms with Crippen molar-refractivity contribution in [1.82, 2.24) is 19.9 Å². The largest absolute Gasteiger partial charge is 0.768 e. The van der Waals surface area contributed by atoms with Crippen LogP contribution in [-0.4, -0.2) is 94.3 Å². The number of phosphoric acid groups is 3. The van der Waals surface area contributed by atoms with Crippen molar-refractivity contribution in [3.05, 3.63) is 114 Å². The molecule has 476 valence electrons. The van der Waals surface area contributed by atoms with Gasteiger partial charge in [0.1, 0.15) is 30.6 Å². The summed E-state index contributed by atoms with van der Waals surface area (Å²) in [6.45, 7) is 10.3. The lowest BCUT2D eigenvalue weighted by molar-refractivity contribution is -0.630. The Balaban J connectivity index is 0.879. The zero-order chi connectivity index (χ0) is 64.5. The second-order valence-corrected chi connectivity index (χ2v) is 29.4. The molecule has 4 N–H and O–H groups in total. The van der Waals surface area contributed by atoms with Gasteiger partial charge in [0.05, 0.1) is 35.6 Å². The summed E-state index contributed by atoms with van der Waals surface area (Å²) in [5, 5.41) is 16.6. The van der Waals surface area contributed by atoms with E-state index >= 15 is 0 Å². The van der Waals surface area contributed by atoms with Gasteiger partial charge in [-0.05, 0) is 149 Å². The molecule has 0 saturated carbocycles. The van der Waals surface area contributed by atoms with Crippen molar-refractivity contribution in [1.29, 1.82) is 0 Å². The fourth-order valence-corrected chi connectivity index (χ4v) is 16.7. The van der Waals surface area contributed by atoms with Crippen LogP contribution in [0.25, 0.3) is 32.6 Å². The van der Waals surface area contributed by atoms with Crippen LogP contribution in [0.2, 0.25) is 0 Å². The second-order valence-electron chi connectivity index (χ2n) is 21.5. The summed E-state index contributed by atoms with van der Waals surface area (Å²) in [5.41, 5.74) is 10.5. The van der Waals surface area contributed by atoms with Gasteiger partial charge in [0.2, 0.25) is 11.6 Å². The number of unbranched alkanes of at least 4 members (excludes halogenated alkanes) is 2. The molecule has 0 radical (unpaired) electrons. The molecule has 3 aliphatic heterocycles. The summed E-state index contributed by atoms with van der Waals surface area (Å²) >= 11 is -7.55. The molecule has 8 atom stereocenters. The van der Waals surface area contributed by atoms with Crippen molar-refractivity contribution in [2.45, 2.75) is 116 Å². The number of aromatic nitrogens is 3. The Labute approximate surface area is 521 Å². The molecule has 8 unspecified atom stereocenters. The number of rotatable bonds is 24. The Morgan fingerprint density at radius 1 is 0.888 bits per heavy atom. The quantitative estimate of drug-likeness (QED) is 0.00788. The van der Waals surface area contributed by atoms with Crippen LogP contribution in [0.3, 0.4) is 0 Å². The molecule has 3 aliphatic rings. The van der Waals surface area contributed by atoms with Crippen molar-refractivity contribution in [2.75, 3.05) is 36.9 Å². The Morgan fingerprint density at radius 3 is 2.28 bits per heavy atom. The molecule has 27 nitrogen and oxygen atoms in total. The SMILES string of the molecule is CCN1C(=CC=CC=CC2=[N+](CCCCCC(=O)NCC#Cc3cn(C4CCC(COP(=O)([O-])OP(=O)([O-])OP(=O)([O-])O)O4)c4ncnc(N)c34)c3ccc4c(S(=O)[O-])cc(S(=O)[O-])cc4c3C2(C)C)C(C)(C)c2c1ccc1c(SO[O-])cc(S(=O)[O-])cc21. The van der Waals surface area contributed by atoms with E-state index in [0.717, 1.165) is 40.0 Å². The summed E-state index contributed by atoms with van der Waals surface area (Å²) in [6, 6.07) is 12.9. The lowest BCUT2D eigenvalue weighted by Gasteiger charge is -2.32. The van der Waals surface area contributed by atoms with Crippen LogP contribution < -0.4 is 35.9 Å². The third-order valence-corrected chi connectivity index (χ3v) is 21.5. The topological polar surface area (TPSA) is 422 Å². The number of carbonyl (C=O) groups excluding carboxylic acids is 1. The van der Waals surface area contributed by atoms with Gasteiger partial charge in [0.15, 0.2) is 5.71 Å². The highest BCUT2D eigenvalue weighted by atomic mass is 32.2. The van der Waals surface area contributed by atoms with E-state index in [1.54, 1.807) is 22.9 Å². The number of anilines is 2. The third-order valence-electron chi connectivity index (χ3n) is 15.3. The molecular weight excluding hydrogens is 1300 g/mol. The van der Waals surface area contributed by atoms with Crippen LogP contribution in [0, 0.1) is 11.8 Å². The van der Waals surface area contributed by atoms with Crippen molar-refractivity contribution < 1.29 is 96.4 Å². The van der Waals surface area contributed by atoms with Crippen LogP contribution >= 0.6 is 35.5 Å². The maximum absolute atomic E-state index is 13.1. The number of benzene rings is 4. The van der Waals surface area contributed by atoms with Crippen molar-refractivity contribution >= 4 is 130 Å². The van der Waals surface area contributed by atoms with Gasteiger partial charge in [-0.15, -0.1) is 0 Å². The molecular formula is C55H56N7O20P3S4-6. The number of nitrogen functional groups attached to an aromatic ring is 1. The summed E-state index contributed by atoms with van der Waals surface area (Å²) in [4.78, 5) is 66.8. The first-order valence-corrected chi connectivity index (χ1v) is 35.5. The highest BCUT2D eigenvalue weighted by molar-refractivity contribution is 7.94. The third kappa shape index (κ3) is 14.9. The highest BCUT2D eigenvalue weighted by Crippen LogP contribution is 2.62. The molecule has 1 saturated heterocycles. The Bertz CT molecular complexity index is 4250. The van der Waals surface area contributed by atoms with Crippen molar-refractivity contribution in [2.24, 2.45) is 0 Å². The van der Waals surface area contributed by atoms with Crippen LogP contribution in [0.5, 0.6) is 0 Å². The number of ether oxygens (including phenoxy) is 1. The van der Waals surface area contributed by atoms with Crippen LogP contribution in [0.4, 0.5) is 17.2 Å². The first-order valence-electron chi connectivity index (χ1n) is 27.2. The maximum atomic E-state index is 13.1. The summed E-state index contributed by atoms with van der Waals surface area (Å²) < 4.78 is 134. The van der Waals surface area contributed by atoms with Gasteiger partial charge in [0.25, 0.3) is 23.5 Å². The summed E-state index contributed by atoms with van der Waals surface area (Å²) in [6.07, 6.45) is 13.0. The minimum absolute atomic E-state index is 0.0154. The summed E-state index contributed by atoms with van der Waals surface area (Å²) in [5.74, 6) is 5.70. The number of likely N-dealkylation sites (N-methyl/N-ethyl adjacent to an activating group) is 1. The van der Waals surface area contributed by atoms with Crippen molar-refractivity contribution in [3.63, 3.8) is 0 Å². The fourth-order valence-electron chi connectivity index (χ4n) is 11.7. The molecule has 0 spiro atoms. The number of nitrogens with one attached hydrogen (secondary N) is 1. The lowest BCUT2D eigenvalue weighted by atomic mass is 9.79. The first kappa shape index (κ1) is 67.9. The van der Waals surface area contributed by atoms with Gasteiger partial charge in [-0.2, -0.15) is 4.58 Å². The molecule has 0 aliphatic carbocycles. The van der Waals surface area contributed by atoms with Crippen molar-refractivity contribution in [3.8, 4) is 11.8 Å². The number of hydrogen-bond donors (Lipinski definition) is 3. The molecule has 1 fully saturated rings. The second kappa shape index (κ2) is 27.4. The monoisotopic (exact) mass is 1360 g/mol. The molecule has 9 rings (SSSR count). The van der Waals surface area contributed by atoms with Crippen LogP contribution in [-0.2, 0) is 84.8 Å². The van der Waals surface area contributed by atoms with Gasteiger partial charge in [-0.1, -0.05) is 50.0 Å². The minimum atomic E-state index is -6.09. The van der Waals surface area contributed by atoms with E-state index in [2.05, 4.69) is 54.1 Å². The van der Waals surface area contributed by atoms with Crippen LogP contribution in [0.1, 0.15) is 96.1 Å². The number of allylic oxidation sites excluding steroid dienone is 6. The molecule has 89 heavy (non-hydrogen) atoms. The predicted octanol–water partition coefficient (Wildman–Crippen LogP) is 5.38. The Kier molecular flexibility index (Phi) is 20.9. The van der Waals surface area contributed by atoms with Gasteiger partial charge in [-0.3, -0.25) is 31.1 Å². The molecule has 34 heteroatoms. The average molecular weight is 1360 g/mol. The lowest BCUT2D eigenvalue weighted by Crippen LogP contribution is -2.28. The normalized spacial score (nSPS) is 20.6. The molecule has 5 heterocycles. The number of nitrogens with two attached hydrogens (primary N) is 1. The van der Waals surface area contributed by atoms with E-state index in [9.17, 15) is 64.7 Å². The fraction of sp³-hybridized carbons (Fsp3) is 0.345. The van der Waals surface area contributed by atoms with E-state index in [1.165, 1.54) is 18.5 Å². The zero-order valence-electron chi connectivity index (χ0n) is 47.9. The average Bonchev–Trinajstić information content (AvgIpc) is 1.62. The van der Waals surface area contributed by atoms with E-state index in [1.807, 2.05) is 83.2 Å². The van der Waals surface area contributed by atoms with Gasteiger partial charge >= 0.3 is 0 Å². The zero-order valence-corrected chi connectivity index (χ0v) is 53.8. The molecule has 0 bridgehead atoms. The van der Waals surface area contributed by atoms with Gasteiger partial charge in [0, 0.05) is 91.7 Å². The Hall–Kier alpha value is -5.49. The van der Waals surface area contributed by atoms with Gasteiger partial charge < -0.3 is 72.6 Å². The highest BCUT2D eigenvalue weighted by Gasteiger charge is 2.46. The van der Waals surface area contributed by atoms with E-state index in [-0.39, 0.29) is 52.2 Å². The number of phosphoric ester groups is 1. The molecule has 4 aromatic carbocycles. The van der Waals surface area contributed by atoms with E-state index < -0.39 is 86.5 Å². The summed E-state index contributed by atoms with van der Waals surface area (Å²) in [7, 11) is -17.7. The Morgan fingerprint density at radius 2 is 1.60 bits per heavy atom. The number of nitrogens with zero attached hydrogens (tertiary/aromatic N) is 5. The van der Waals surface area contributed by atoms with E-state index in [0.29, 0.717) is 87.4 Å². The van der Waals surface area contributed by atoms with E-state index in [4.69, 9.17) is 15.4 Å². The first-order chi connectivity index (χ1) is 42.0. The van der Waals surface area contributed by atoms with Crippen LogP contribution in [0.15, 0.2) is 117 Å². The maximum Gasteiger partial charge on any atom is 0.280 e. The number of fused-ring (bicyclic) bond motifs is 7. The number of carbonyl (C=O) groups is 1. The number of hydrogen-bond acceptors (Lipinski definition) is 24. The molecule has 2 aromatic heterocycles.